The van der Waals surface area contributed by atoms with E-state index >= 15 is 0 Å². The molecule has 0 amide bonds. The normalized spacial score (nSPS) is 16.1. The number of halogens is 3. The zero-order valence-corrected chi connectivity index (χ0v) is 11.7. The Labute approximate surface area is 110 Å². The fourth-order valence-electron chi connectivity index (χ4n) is 2.88. The standard InChI is InChI=1S/C15H13F3Si/c1-19(2)13-6-4-3-5-11(13)12-8-7-10(9-14(12)19)15(16,17)18/h3-9H,1-2H3. The van der Waals surface area contributed by atoms with E-state index in [9.17, 15) is 13.2 Å². The molecule has 1 heterocycles. The molecule has 0 radical (unpaired) electrons. The SMILES string of the molecule is C[Si]1(C)c2ccccc2-c2ccc(C(F)(F)F)cc21. The molecule has 0 unspecified atom stereocenters. The van der Waals surface area contributed by atoms with Crippen LogP contribution in [0.1, 0.15) is 5.56 Å². The Morgan fingerprint density at radius 2 is 1.47 bits per heavy atom. The number of fused-ring (bicyclic) bond motifs is 3. The van der Waals surface area contributed by atoms with Crippen LogP contribution in [0.3, 0.4) is 0 Å². The van der Waals surface area contributed by atoms with E-state index in [1.165, 1.54) is 17.3 Å². The van der Waals surface area contributed by atoms with Crippen LogP contribution in [0.2, 0.25) is 13.1 Å². The van der Waals surface area contributed by atoms with E-state index in [1.54, 1.807) is 6.07 Å². The lowest BCUT2D eigenvalue weighted by Gasteiger charge is -2.19. The molecule has 0 atom stereocenters. The van der Waals surface area contributed by atoms with Crippen LogP contribution < -0.4 is 10.4 Å². The number of rotatable bonds is 0. The molecule has 0 bridgehead atoms. The summed E-state index contributed by atoms with van der Waals surface area (Å²) in [6.07, 6.45) is -4.27. The molecule has 4 heteroatoms. The first-order valence-corrected chi connectivity index (χ1v) is 9.13. The van der Waals surface area contributed by atoms with Gasteiger partial charge in [-0.1, -0.05) is 43.4 Å². The van der Waals surface area contributed by atoms with Crippen molar-refractivity contribution in [1.82, 2.24) is 0 Å². The molecule has 0 saturated carbocycles. The van der Waals surface area contributed by atoms with Gasteiger partial charge >= 0.3 is 6.18 Å². The predicted octanol–water partition coefficient (Wildman–Crippen LogP) is 3.51. The van der Waals surface area contributed by atoms with Crippen molar-refractivity contribution in [2.75, 3.05) is 0 Å². The first-order chi connectivity index (χ1) is 8.82. The molecular formula is C15H13F3Si. The predicted molar refractivity (Wildman–Crippen MR) is 73.6 cm³/mol. The van der Waals surface area contributed by atoms with Crippen LogP contribution in [-0.4, -0.2) is 8.07 Å². The molecule has 2 aromatic carbocycles. The van der Waals surface area contributed by atoms with Gasteiger partial charge in [0, 0.05) is 0 Å². The van der Waals surface area contributed by atoms with Crippen molar-refractivity contribution in [2.45, 2.75) is 19.3 Å². The highest BCUT2D eigenvalue weighted by Crippen LogP contribution is 2.33. The number of benzene rings is 2. The highest BCUT2D eigenvalue weighted by atomic mass is 28.3. The maximum absolute atomic E-state index is 12.9. The molecular weight excluding hydrogens is 265 g/mol. The van der Waals surface area contributed by atoms with Gasteiger partial charge in [-0.15, -0.1) is 0 Å². The van der Waals surface area contributed by atoms with Gasteiger partial charge in [0.05, 0.1) is 5.56 Å². The molecule has 0 N–H and O–H groups in total. The van der Waals surface area contributed by atoms with Crippen molar-refractivity contribution < 1.29 is 13.2 Å². The fraction of sp³-hybridized carbons (Fsp3) is 0.200. The average molecular weight is 278 g/mol. The quantitative estimate of drug-likeness (QED) is 0.647. The number of alkyl halides is 3. The van der Waals surface area contributed by atoms with Gasteiger partial charge in [-0.3, -0.25) is 0 Å². The van der Waals surface area contributed by atoms with Crippen molar-refractivity contribution in [3.8, 4) is 11.1 Å². The fourth-order valence-corrected chi connectivity index (χ4v) is 5.98. The zero-order valence-electron chi connectivity index (χ0n) is 10.7. The maximum Gasteiger partial charge on any atom is 0.416 e. The molecule has 19 heavy (non-hydrogen) atoms. The summed E-state index contributed by atoms with van der Waals surface area (Å²) in [4.78, 5) is 0. The van der Waals surface area contributed by atoms with Gasteiger partial charge < -0.3 is 0 Å². The van der Waals surface area contributed by atoms with E-state index in [1.807, 2.05) is 18.2 Å². The topological polar surface area (TPSA) is 0 Å². The van der Waals surface area contributed by atoms with Crippen molar-refractivity contribution >= 4 is 18.4 Å². The van der Waals surface area contributed by atoms with Gasteiger partial charge in [-0.25, -0.2) is 0 Å². The summed E-state index contributed by atoms with van der Waals surface area (Å²) >= 11 is 0. The summed E-state index contributed by atoms with van der Waals surface area (Å²) in [5, 5.41) is 2.12. The van der Waals surface area contributed by atoms with E-state index in [2.05, 4.69) is 19.2 Å². The molecule has 0 fully saturated rings. The van der Waals surface area contributed by atoms with Crippen LogP contribution in [-0.2, 0) is 6.18 Å². The van der Waals surface area contributed by atoms with Crippen LogP contribution >= 0.6 is 0 Å². The second kappa shape index (κ2) is 3.73. The van der Waals surface area contributed by atoms with E-state index in [4.69, 9.17) is 0 Å². The third-order valence-electron chi connectivity index (χ3n) is 3.91. The second-order valence-corrected chi connectivity index (χ2v) is 9.76. The lowest BCUT2D eigenvalue weighted by atomic mass is 10.0. The summed E-state index contributed by atoms with van der Waals surface area (Å²) < 4.78 is 38.6. The Bertz CT molecular complexity index is 657. The average Bonchev–Trinajstić information content (AvgIpc) is 2.58. The molecule has 3 rings (SSSR count). The number of hydrogen-bond acceptors (Lipinski definition) is 0. The minimum atomic E-state index is -4.27. The van der Waals surface area contributed by atoms with Crippen molar-refractivity contribution in [2.24, 2.45) is 0 Å². The van der Waals surface area contributed by atoms with Crippen LogP contribution in [0.5, 0.6) is 0 Å². The molecule has 1 aliphatic heterocycles. The van der Waals surface area contributed by atoms with Gasteiger partial charge in [0.25, 0.3) is 0 Å². The highest BCUT2D eigenvalue weighted by molar-refractivity contribution is 7.03. The van der Waals surface area contributed by atoms with E-state index in [0.717, 1.165) is 16.3 Å². The third-order valence-corrected chi connectivity index (χ3v) is 7.45. The van der Waals surface area contributed by atoms with E-state index in [0.29, 0.717) is 0 Å². The Morgan fingerprint density at radius 1 is 0.842 bits per heavy atom. The smallest absolute Gasteiger partial charge is 0.166 e. The monoisotopic (exact) mass is 278 g/mol. The number of hydrogen-bond donors (Lipinski definition) is 0. The highest BCUT2D eigenvalue weighted by Gasteiger charge is 2.39. The van der Waals surface area contributed by atoms with Gasteiger partial charge in [-0.2, -0.15) is 13.2 Å². The van der Waals surface area contributed by atoms with Gasteiger partial charge in [0.15, 0.2) is 0 Å². The lowest BCUT2D eigenvalue weighted by Crippen LogP contribution is -2.49. The molecule has 2 aromatic rings. The van der Waals surface area contributed by atoms with Crippen LogP contribution in [0.4, 0.5) is 13.2 Å². The molecule has 1 aliphatic rings. The third kappa shape index (κ3) is 1.74. The Kier molecular flexibility index (Phi) is 2.45. The van der Waals surface area contributed by atoms with Crippen molar-refractivity contribution in [3.05, 3.63) is 48.0 Å². The molecule has 98 valence electrons. The minimum absolute atomic E-state index is 0.542. The molecule has 0 spiro atoms. The summed E-state index contributed by atoms with van der Waals surface area (Å²) in [6, 6.07) is 12.1. The molecule has 0 aromatic heterocycles. The van der Waals surface area contributed by atoms with Crippen LogP contribution in [0, 0.1) is 0 Å². The van der Waals surface area contributed by atoms with E-state index in [-0.39, 0.29) is 0 Å². The lowest BCUT2D eigenvalue weighted by molar-refractivity contribution is -0.137. The summed E-state index contributed by atoms with van der Waals surface area (Å²) in [5.74, 6) is 0. The minimum Gasteiger partial charge on any atom is -0.166 e. The van der Waals surface area contributed by atoms with E-state index < -0.39 is 19.8 Å². The second-order valence-electron chi connectivity index (χ2n) is 5.43. The van der Waals surface area contributed by atoms with Gasteiger partial charge in [0.1, 0.15) is 8.07 Å². The van der Waals surface area contributed by atoms with Crippen molar-refractivity contribution in [3.63, 3.8) is 0 Å². The van der Waals surface area contributed by atoms with Gasteiger partial charge in [0.2, 0.25) is 0 Å². The molecule has 0 nitrogen and oxygen atoms in total. The summed E-state index contributed by atoms with van der Waals surface area (Å²) in [5.41, 5.74) is 1.53. The Morgan fingerprint density at radius 3 is 2.16 bits per heavy atom. The maximum atomic E-state index is 12.9. The largest absolute Gasteiger partial charge is 0.416 e. The van der Waals surface area contributed by atoms with Crippen molar-refractivity contribution in [1.29, 1.82) is 0 Å². The first-order valence-electron chi connectivity index (χ1n) is 6.13. The van der Waals surface area contributed by atoms with Crippen LogP contribution in [0.15, 0.2) is 42.5 Å². The Balaban J connectivity index is 2.27. The first kappa shape index (κ1) is 12.5. The zero-order chi connectivity index (χ0) is 13.8. The molecule has 0 saturated heterocycles. The van der Waals surface area contributed by atoms with Gasteiger partial charge in [-0.05, 0) is 33.6 Å². The van der Waals surface area contributed by atoms with Crippen LogP contribution in [0.25, 0.3) is 11.1 Å². The Hall–Kier alpha value is -1.55. The summed E-state index contributed by atoms with van der Waals surface area (Å²) in [7, 11) is -1.99. The molecule has 0 aliphatic carbocycles. The summed E-state index contributed by atoms with van der Waals surface area (Å²) in [6.45, 7) is 4.22.